The van der Waals surface area contributed by atoms with Crippen molar-refractivity contribution in [2.45, 2.75) is 19.3 Å². The molecule has 0 radical (unpaired) electrons. The molecule has 0 aliphatic heterocycles. The first-order chi connectivity index (χ1) is 28.5. The lowest BCUT2D eigenvalue weighted by Crippen LogP contribution is -2.16. The molecule has 0 amide bonds. The SMILES string of the molecule is CC1(C)c2ccccc2-c2ccc(N(c3ccc(-c4ccccc4)cc3)c3cccc4c3oc3c(-c5cccc6c5sc5ccccc56)c5ccccc5cc34)cc21. The zero-order chi connectivity index (χ0) is 38.5. The van der Waals surface area contributed by atoms with Crippen LogP contribution in [0.2, 0.25) is 0 Å². The average Bonchev–Trinajstić information content (AvgIpc) is 3.92. The maximum Gasteiger partial charge on any atom is 0.159 e. The Morgan fingerprint density at radius 1 is 0.448 bits per heavy atom. The average molecular weight is 760 g/mol. The van der Waals surface area contributed by atoms with Gasteiger partial charge in [-0.3, -0.25) is 0 Å². The van der Waals surface area contributed by atoms with Crippen molar-refractivity contribution >= 4 is 81.3 Å². The molecule has 1 aliphatic carbocycles. The number of benzene rings is 9. The van der Waals surface area contributed by atoms with Gasteiger partial charge in [-0.1, -0.05) is 159 Å². The maximum absolute atomic E-state index is 7.36. The Balaban J connectivity index is 1.12. The first kappa shape index (κ1) is 33.2. The molecule has 0 bridgehead atoms. The van der Waals surface area contributed by atoms with Crippen LogP contribution in [0.4, 0.5) is 17.1 Å². The highest BCUT2D eigenvalue weighted by molar-refractivity contribution is 7.26. The molecule has 274 valence electrons. The summed E-state index contributed by atoms with van der Waals surface area (Å²) in [7, 11) is 0. The largest absolute Gasteiger partial charge is 0.453 e. The normalized spacial score (nSPS) is 13.1. The predicted octanol–water partition coefficient (Wildman–Crippen LogP) is 16.2. The fourth-order valence-corrected chi connectivity index (χ4v) is 10.9. The monoisotopic (exact) mass is 759 g/mol. The van der Waals surface area contributed by atoms with Gasteiger partial charge >= 0.3 is 0 Å². The quantitative estimate of drug-likeness (QED) is 0.174. The summed E-state index contributed by atoms with van der Waals surface area (Å²) in [4.78, 5) is 2.39. The third-order valence-corrected chi connectivity index (χ3v) is 13.7. The second-order valence-electron chi connectivity index (χ2n) is 16.0. The highest BCUT2D eigenvalue weighted by atomic mass is 32.1. The Kier molecular flexibility index (Phi) is 7.18. The van der Waals surface area contributed by atoms with Crippen LogP contribution < -0.4 is 4.90 Å². The van der Waals surface area contributed by atoms with Crippen molar-refractivity contribution in [1.29, 1.82) is 0 Å². The number of hydrogen-bond acceptors (Lipinski definition) is 3. The first-order valence-corrected chi connectivity index (χ1v) is 20.8. The Morgan fingerprint density at radius 3 is 1.98 bits per heavy atom. The van der Waals surface area contributed by atoms with E-state index >= 15 is 0 Å². The fourth-order valence-electron chi connectivity index (χ4n) is 9.66. The molecule has 12 rings (SSSR count). The summed E-state index contributed by atoms with van der Waals surface area (Å²) in [5, 5.41) is 7.18. The number of hydrogen-bond donors (Lipinski definition) is 0. The van der Waals surface area contributed by atoms with Gasteiger partial charge in [0, 0.05) is 58.9 Å². The number of anilines is 3. The summed E-state index contributed by atoms with van der Waals surface area (Å²) in [5.74, 6) is 0. The first-order valence-electron chi connectivity index (χ1n) is 20.0. The number of nitrogens with zero attached hydrogens (tertiary/aromatic N) is 1. The standard InChI is InChI=1S/C55H37NOS/c1-55(2)47-23-10-8-18-40(47)41-31-30-38(33-48(41)55)56(37-28-26-35(27-29-37)34-14-4-3-5-15-34)49-24-13-20-43-46-32-36-16-6-7-17-39(36)51(53(46)57-52(43)49)45-22-12-21-44-42-19-9-11-25-50(42)58-54(44)45/h3-33H,1-2H3. The molecule has 0 saturated carbocycles. The van der Waals surface area contributed by atoms with E-state index in [1.54, 1.807) is 0 Å². The van der Waals surface area contributed by atoms with Gasteiger partial charge in [0.2, 0.25) is 0 Å². The predicted molar refractivity (Wildman–Crippen MR) is 247 cm³/mol. The second kappa shape index (κ2) is 12.5. The van der Waals surface area contributed by atoms with Gasteiger partial charge < -0.3 is 9.32 Å². The highest BCUT2D eigenvalue weighted by Gasteiger charge is 2.36. The molecule has 2 aromatic heterocycles. The number of furan rings is 1. The lowest BCUT2D eigenvalue weighted by molar-refractivity contribution is 0.660. The van der Waals surface area contributed by atoms with Crippen LogP contribution in [0.1, 0.15) is 25.0 Å². The van der Waals surface area contributed by atoms with E-state index in [-0.39, 0.29) is 5.41 Å². The molecule has 9 aromatic carbocycles. The third-order valence-electron chi connectivity index (χ3n) is 12.5. The molecule has 11 aromatic rings. The summed E-state index contributed by atoms with van der Waals surface area (Å²) in [6.07, 6.45) is 0. The lowest BCUT2D eigenvalue weighted by atomic mass is 9.82. The van der Waals surface area contributed by atoms with Crippen molar-refractivity contribution in [2.24, 2.45) is 0 Å². The van der Waals surface area contributed by atoms with Crippen LogP contribution in [0.15, 0.2) is 192 Å². The van der Waals surface area contributed by atoms with E-state index < -0.39 is 0 Å². The number of fused-ring (bicyclic) bond motifs is 10. The Labute approximate surface area is 340 Å². The van der Waals surface area contributed by atoms with Crippen LogP contribution in [-0.2, 0) is 5.41 Å². The van der Waals surface area contributed by atoms with Crippen molar-refractivity contribution in [3.8, 4) is 33.4 Å². The van der Waals surface area contributed by atoms with Gasteiger partial charge in [-0.25, -0.2) is 0 Å². The van der Waals surface area contributed by atoms with Crippen molar-refractivity contribution in [2.75, 3.05) is 4.90 Å². The smallest absolute Gasteiger partial charge is 0.159 e. The third kappa shape index (κ3) is 4.84. The van der Waals surface area contributed by atoms with Gasteiger partial charge in [0.1, 0.15) is 5.58 Å². The molecule has 0 N–H and O–H groups in total. The van der Waals surface area contributed by atoms with Gasteiger partial charge in [0.15, 0.2) is 5.58 Å². The second-order valence-corrected chi connectivity index (χ2v) is 17.1. The van der Waals surface area contributed by atoms with Gasteiger partial charge in [-0.15, -0.1) is 11.3 Å². The van der Waals surface area contributed by atoms with E-state index in [0.717, 1.165) is 44.6 Å². The van der Waals surface area contributed by atoms with Gasteiger partial charge in [-0.2, -0.15) is 0 Å². The van der Waals surface area contributed by atoms with Crippen molar-refractivity contribution in [3.05, 3.63) is 199 Å². The van der Waals surface area contributed by atoms with Crippen molar-refractivity contribution in [1.82, 2.24) is 0 Å². The molecule has 0 unspecified atom stereocenters. The summed E-state index contributed by atoms with van der Waals surface area (Å²) < 4.78 is 9.94. The molecule has 3 heteroatoms. The Bertz CT molecular complexity index is 3420. The fraction of sp³-hybridized carbons (Fsp3) is 0.0545. The Morgan fingerprint density at radius 2 is 1.10 bits per heavy atom. The van der Waals surface area contributed by atoms with E-state index in [1.807, 2.05) is 11.3 Å². The molecule has 1 aliphatic rings. The van der Waals surface area contributed by atoms with E-state index in [1.165, 1.54) is 69.9 Å². The van der Waals surface area contributed by atoms with E-state index in [2.05, 4.69) is 207 Å². The molecule has 2 heterocycles. The van der Waals surface area contributed by atoms with Crippen LogP contribution in [0.5, 0.6) is 0 Å². The number of para-hydroxylation sites is 1. The van der Waals surface area contributed by atoms with E-state index in [0.29, 0.717) is 0 Å². The summed E-state index contributed by atoms with van der Waals surface area (Å²) in [6.45, 7) is 4.70. The van der Waals surface area contributed by atoms with Crippen molar-refractivity contribution < 1.29 is 4.42 Å². The van der Waals surface area contributed by atoms with Crippen LogP contribution in [0.3, 0.4) is 0 Å². The van der Waals surface area contributed by atoms with Crippen LogP contribution >= 0.6 is 11.3 Å². The molecule has 2 nitrogen and oxygen atoms in total. The van der Waals surface area contributed by atoms with E-state index in [4.69, 9.17) is 4.42 Å². The summed E-state index contributed by atoms with van der Waals surface area (Å²) >= 11 is 1.86. The molecular formula is C55H37NOS. The summed E-state index contributed by atoms with van der Waals surface area (Å²) in [6, 6.07) is 68.6. The van der Waals surface area contributed by atoms with Crippen LogP contribution in [-0.4, -0.2) is 0 Å². The minimum atomic E-state index is -0.140. The van der Waals surface area contributed by atoms with Gasteiger partial charge in [-0.05, 0) is 86.6 Å². The summed E-state index contributed by atoms with van der Waals surface area (Å²) in [5.41, 5.74) is 14.9. The maximum atomic E-state index is 7.36. The Hall–Kier alpha value is -6.94. The zero-order valence-electron chi connectivity index (χ0n) is 32.2. The molecule has 0 fully saturated rings. The topological polar surface area (TPSA) is 16.4 Å². The van der Waals surface area contributed by atoms with Crippen molar-refractivity contribution in [3.63, 3.8) is 0 Å². The van der Waals surface area contributed by atoms with Gasteiger partial charge in [0.05, 0.1) is 5.69 Å². The minimum absolute atomic E-state index is 0.140. The van der Waals surface area contributed by atoms with Crippen LogP contribution in [0.25, 0.3) is 86.3 Å². The zero-order valence-corrected chi connectivity index (χ0v) is 33.0. The number of thiophene rings is 1. The molecule has 0 atom stereocenters. The van der Waals surface area contributed by atoms with Crippen LogP contribution in [0, 0.1) is 0 Å². The van der Waals surface area contributed by atoms with E-state index in [9.17, 15) is 0 Å². The molecule has 0 spiro atoms. The molecular weight excluding hydrogens is 723 g/mol. The number of rotatable bonds is 5. The minimum Gasteiger partial charge on any atom is -0.453 e. The molecule has 58 heavy (non-hydrogen) atoms. The van der Waals surface area contributed by atoms with Gasteiger partial charge in [0.25, 0.3) is 0 Å². The molecule has 0 saturated heterocycles. The highest BCUT2D eigenvalue weighted by Crippen LogP contribution is 2.52. The lowest BCUT2D eigenvalue weighted by Gasteiger charge is -2.28.